The smallest absolute Gasteiger partial charge is 0.152 e. The van der Waals surface area contributed by atoms with Gasteiger partial charge in [0.05, 0.1) is 6.04 Å². The molecule has 0 aliphatic heterocycles. The van der Waals surface area contributed by atoms with Crippen molar-refractivity contribution >= 4 is 21.6 Å². The highest BCUT2D eigenvalue weighted by molar-refractivity contribution is 9.10. The van der Waals surface area contributed by atoms with Crippen LogP contribution in [0.4, 0.5) is 18.9 Å². The Morgan fingerprint density at radius 1 is 1.10 bits per heavy atom. The summed E-state index contributed by atoms with van der Waals surface area (Å²) in [5, 5.41) is 2.80. The molecule has 0 aliphatic rings. The van der Waals surface area contributed by atoms with Gasteiger partial charge in [-0.3, -0.25) is 0 Å². The molecule has 1 N–H and O–H groups in total. The SMILES string of the molecule is CCC(Nc1c(F)cc(F)cc1F)c1cccc(Br)c1. The molecule has 0 aromatic heterocycles. The molecule has 0 spiro atoms. The Kier molecular flexibility index (Phi) is 4.70. The fourth-order valence-electron chi connectivity index (χ4n) is 2.00. The van der Waals surface area contributed by atoms with Crippen molar-refractivity contribution in [1.29, 1.82) is 0 Å². The van der Waals surface area contributed by atoms with Gasteiger partial charge in [-0.25, -0.2) is 13.2 Å². The van der Waals surface area contributed by atoms with E-state index in [2.05, 4.69) is 21.2 Å². The first kappa shape index (κ1) is 14.9. The molecule has 0 radical (unpaired) electrons. The van der Waals surface area contributed by atoms with Crippen LogP contribution in [-0.4, -0.2) is 0 Å². The summed E-state index contributed by atoms with van der Waals surface area (Å²) in [7, 11) is 0. The van der Waals surface area contributed by atoms with Crippen molar-refractivity contribution in [3.8, 4) is 0 Å². The first-order valence-corrected chi connectivity index (χ1v) is 6.97. The fourth-order valence-corrected chi connectivity index (χ4v) is 2.42. The van der Waals surface area contributed by atoms with Gasteiger partial charge in [-0.05, 0) is 24.1 Å². The first-order valence-electron chi connectivity index (χ1n) is 6.17. The van der Waals surface area contributed by atoms with Crippen molar-refractivity contribution < 1.29 is 13.2 Å². The topological polar surface area (TPSA) is 12.0 Å². The largest absolute Gasteiger partial charge is 0.373 e. The molecule has 0 amide bonds. The second-order valence-corrected chi connectivity index (χ2v) is 5.32. The van der Waals surface area contributed by atoms with Crippen LogP contribution in [0.5, 0.6) is 0 Å². The predicted octanol–water partition coefficient (Wildman–Crippen LogP) is 5.43. The minimum Gasteiger partial charge on any atom is -0.373 e. The molecule has 2 aromatic carbocycles. The van der Waals surface area contributed by atoms with Crippen LogP contribution in [0, 0.1) is 17.5 Å². The maximum atomic E-state index is 13.7. The van der Waals surface area contributed by atoms with Gasteiger partial charge in [-0.15, -0.1) is 0 Å². The number of rotatable bonds is 4. The Morgan fingerprint density at radius 3 is 2.30 bits per heavy atom. The van der Waals surface area contributed by atoms with Gasteiger partial charge >= 0.3 is 0 Å². The Balaban J connectivity index is 2.32. The molecule has 20 heavy (non-hydrogen) atoms. The lowest BCUT2D eigenvalue weighted by atomic mass is 10.0. The zero-order chi connectivity index (χ0) is 14.7. The summed E-state index contributed by atoms with van der Waals surface area (Å²) in [5.74, 6) is -2.80. The average molecular weight is 344 g/mol. The van der Waals surface area contributed by atoms with Crippen molar-refractivity contribution in [2.45, 2.75) is 19.4 Å². The number of benzene rings is 2. The summed E-state index contributed by atoms with van der Waals surface area (Å²) < 4.78 is 41.1. The Hall–Kier alpha value is -1.49. The van der Waals surface area contributed by atoms with E-state index in [-0.39, 0.29) is 11.7 Å². The van der Waals surface area contributed by atoms with E-state index in [1.165, 1.54) is 0 Å². The van der Waals surface area contributed by atoms with Gasteiger partial charge in [-0.1, -0.05) is 35.0 Å². The van der Waals surface area contributed by atoms with Crippen molar-refractivity contribution in [3.63, 3.8) is 0 Å². The van der Waals surface area contributed by atoms with E-state index in [9.17, 15) is 13.2 Å². The minimum atomic E-state index is -0.934. The van der Waals surface area contributed by atoms with Gasteiger partial charge in [0.25, 0.3) is 0 Å². The summed E-state index contributed by atoms with van der Waals surface area (Å²) >= 11 is 3.36. The Morgan fingerprint density at radius 2 is 1.75 bits per heavy atom. The Labute approximate surface area is 123 Å². The molecule has 0 heterocycles. The van der Waals surface area contributed by atoms with Gasteiger partial charge in [0, 0.05) is 16.6 Å². The van der Waals surface area contributed by atoms with E-state index in [1.54, 1.807) is 0 Å². The molecule has 106 valence electrons. The van der Waals surface area contributed by atoms with Crippen LogP contribution in [0.15, 0.2) is 40.9 Å². The molecule has 2 rings (SSSR count). The third kappa shape index (κ3) is 3.33. The zero-order valence-electron chi connectivity index (χ0n) is 10.8. The molecule has 1 atom stereocenters. The number of anilines is 1. The van der Waals surface area contributed by atoms with Gasteiger partial charge < -0.3 is 5.32 Å². The number of hydrogen-bond donors (Lipinski definition) is 1. The minimum absolute atomic E-state index is 0.262. The summed E-state index contributed by atoms with van der Waals surface area (Å²) in [4.78, 5) is 0. The van der Waals surface area contributed by atoms with Crippen LogP contribution in [0.2, 0.25) is 0 Å². The first-order chi connectivity index (χ1) is 9.51. The molecule has 0 fully saturated rings. The number of halogens is 4. The highest BCUT2D eigenvalue weighted by atomic mass is 79.9. The summed E-state index contributed by atoms with van der Waals surface area (Å²) in [6.45, 7) is 1.90. The van der Waals surface area contributed by atoms with E-state index in [4.69, 9.17) is 0 Å². The standard InChI is InChI=1S/C15H13BrF3N/c1-2-14(9-4-3-5-10(16)6-9)20-15-12(18)7-11(17)8-13(15)19/h3-8,14,20H,2H2,1H3. The maximum Gasteiger partial charge on any atom is 0.152 e. The lowest BCUT2D eigenvalue weighted by Crippen LogP contribution is -2.12. The van der Waals surface area contributed by atoms with Crippen molar-refractivity contribution in [2.75, 3.05) is 5.32 Å². The van der Waals surface area contributed by atoms with Crippen LogP contribution < -0.4 is 5.32 Å². The molecule has 1 unspecified atom stereocenters. The average Bonchev–Trinajstić information content (AvgIpc) is 2.38. The molecule has 0 bridgehead atoms. The molecule has 2 aromatic rings. The highest BCUT2D eigenvalue weighted by Gasteiger charge is 2.16. The predicted molar refractivity (Wildman–Crippen MR) is 77.1 cm³/mol. The van der Waals surface area contributed by atoms with E-state index in [1.807, 2.05) is 31.2 Å². The summed E-state index contributed by atoms with van der Waals surface area (Å²) in [6, 6.07) is 8.53. The molecular formula is C15H13BrF3N. The van der Waals surface area contributed by atoms with E-state index >= 15 is 0 Å². The molecule has 5 heteroatoms. The lowest BCUT2D eigenvalue weighted by molar-refractivity contribution is 0.543. The van der Waals surface area contributed by atoms with Crippen molar-refractivity contribution in [3.05, 3.63) is 63.9 Å². The highest BCUT2D eigenvalue weighted by Crippen LogP contribution is 2.28. The lowest BCUT2D eigenvalue weighted by Gasteiger charge is -2.20. The number of nitrogens with one attached hydrogen (secondary N) is 1. The maximum absolute atomic E-state index is 13.7. The zero-order valence-corrected chi connectivity index (χ0v) is 12.3. The molecular weight excluding hydrogens is 331 g/mol. The number of hydrogen-bond acceptors (Lipinski definition) is 1. The third-order valence-electron chi connectivity index (χ3n) is 2.98. The van der Waals surface area contributed by atoms with Gasteiger partial charge in [0.1, 0.15) is 11.5 Å². The summed E-state index contributed by atoms with van der Waals surface area (Å²) in [6.07, 6.45) is 0.632. The van der Waals surface area contributed by atoms with Crippen LogP contribution in [0.25, 0.3) is 0 Å². The third-order valence-corrected chi connectivity index (χ3v) is 3.48. The molecule has 0 saturated heterocycles. The van der Waals surface area contributed by atoms with Crippen LogP contribution in [-0.2, 0) is 0 Å². The molecule has 0 aliphatic carbocycles. The van der Waals surface area contributed by atoms with Gasteiger partial charge in [-0.2, -0.15) is 0 Å². The Bertz CT molecular complexity index is 593. The van der Waals surface area contributed by atoms with E-state index < -0.39 is 17.5 Å². The van der Waals surface area contributed by atoms with Crippen molar-refractivity contribution in [2.24, 2.45) is 0 Å². The second kappa shape index (κ2) is 6.31. The summed E-state index contributed by atoms with van der Waals surface area (Å²) in [5.41, 5.74) is 0.586. The monoisotopic (exact) mass is 343 g/mol. The van der Waals surface area contributed by atoms with E-state index in [0.717, 1.165) is 10.0 Å². The fraction of sp³-hybridized carbons (Fsp3) is 0.200. The second-order valence-electron chi connectivity index (χ2n) is 4.40. The molecule has 1 nitrogen and oxygen atoms in total. The van der Waals surface area contributed by atoms with Crippen LogP contribution in [0.1, 0.15) is 24.9 Å². The normalized spacial score (nSPS) is 12.2. The van der Waals surface area contributed by atoms with Gasteiger partial charge in [0.15, 0.2) is 11.6 Å². The van der Waals surface area contributed by atoms with Crippen LogP contribution in [0.3, 0.4) is 0 Å². The van der Waals surface area contributed by atoms with Crippen LogP contribution >= 0.6 is 15.9 Å². The van der Waals surface area contributed by atoms with E-state index in [0.29, 0.717) is 18.6 Å². The quantitative estimate of drug-likeness (QED) is 0.780. The molecule has 0 saturated carbocycles. The van der Waals surface area contributed by atoms with Gasteiger partial charge in [0.2, 0.25) is 0 Å². The van der Waals surface area contributed by atoms with Crippen molar-refractivity contribution in [1.82, 2.24) is 0 Å².